The van der Waals surface area contributed by atoms with E-state index in [1.165, 1.54) is 30.5 Å². The summed E-state index contributed by atoms with van der Waals surface area (Å²) in [5, 5.41) is 3.78. The van der Waals surface area contributed by atoms with Crippen LogP contribution in [-0.2, 0) is 6.42 Å². The van der Waals surface area contributed by atoms with Gasteiger partial charge in [-0.1, -0.05) is 17.3 Å². The summed E-state index contributed by atoms with van der Waals surface area (Å²) in [5.74, 6) is -0.0532. The summed E-state index contributed by atoms with van der Waals surface area (Å²) in [7, 11) is 0. The smallest absolute Gasteiger partial charge is 0.198 e. The lowest BCUT2D eigenvalue weighted by Gasteiger charge is -2.13. The van der Waals surface area contributed by atoms with Crippen LogP contribution in [0.2, 0.25) is 0 Å². The number of ketones is 1. The number of aromatic nitrogens is 1. The normalized spacial score (nSPS) is 13.8. The van der Waals surface area contributed by atoms with Gasteiger partial charge in [-0.3, -0.25) is 4.79 Å². The maximum Gasteiger partial charge on any atom is 0.198 e. The van der Waals surface area contributed by atoms with Crippen LogP contribution in [0, 0.1) is 18.6 Å². The zero-order chi connectivity index (χ0) is 18.3. The number of carbonyl (C=O) groups excluding carboxylic acids is 1. The lowest BCUT2D eigenvalue weighted by Crippen LogP contribution is -2.10. The Kier molecular flexibility index (Phi) is 4.15. The molecule has 3 nitrogen and oxygen atoms in total. The summed E-state index contributed by atoms with van der Waals surface area (Å²) in [6.07, 6.45) is 3.76. The molecule has 3 aromatic rings. The molecule has 132 valence electrons. The standard InChI is InChI=1S/C21H17F2NO2/c1-12-17(10-13-2-6-15(22)7-3-13)16(8-9-19(12)23)20(25)18-11-24-26-21(18)14-4-5-14/h2-3,6-9,11,14H,4-5,10H2,1H3. The minimum Gasteiger partial charge on any atom is -0.360 e. The lowest BCUT2D eigenvalue weighted by molar-refractivity contribution is 0.103. The molecule has 0 amide bonds. The zero-order valence-corrected chi connectivity index (χ0v) is 14.3. The van der Waals surface area contributed by atoms with Gasteiger partial charge in [-0.05, 0) is 67.1 Å². The Morgan fingerprint density at radius 1 is 1.12 bits per heavy atom. The van der Waals surface area contributed by atoms with E-state index in [2.05, 4.69) is 5.16 Å². The van der Waals surface area contributed by atoms with Gasteiger partial charge in [0.1, 0.15) is 11.6 Å². The van der Waals surface area contributed by atoms with Crippen molar-refractivity contribution >= 4 is 5.78 Å². The SMILES string of the molecule is Cc1c(F)ccc(C(=O)c2cnoc2C2CC2)c1Cc1ccc(F)cc1. The number of rotatable bonds is 5. The third-order valence-electron chi connectivity index (χ3n) is 4.86. The molecule has 26 heavy (non-hydrogen) atoms. The fourth-order valence-corrected chi connectivity index (χ4v) is 3.18. The van der Waals surface area contributed by atoms with Crippen LogP contribution in [0.25, 0.3) is 0 Å². The second kappa shape index (κ2) is 6.48. The van der Waals surface area contributed by atoms with Gasteiger partial charge in [-0.2, -0.15) is 0 Å². The molecule has 0 aliphatic heterocycles. The van der Waals surface area contributed by atoms with E-state index in [0.29, 0.717) is 34.4 Å². The summed E-state index contributed by atoms with van der Waals surface area (Å²) in [5.41, 5.74) is 2.70. The molecule has 1 heterocycles. The van der Waals surface area contributed by atoms with Crippen molar-refractivity contribution in [2.24, 2.45) is 0 Å². The Balaban J connectivity index is 1.75. The molecule has 0 spiro atoms. The number of nitrogens with zero attached hydrogens (tertiary/aromatic N) is 1. The average molecular weight is 353 g/mol. The van der Waals surface area contributed by atoms with E-state index in [4.69, 9.17) is 4.52 Å². The molecule has 0 N–H and O–H groups in total. The number of hydrogen-bond acceptors (Lipinski definition) is 3. The maximum absolute atomic E-state index is 14.1. The third-order valence-corrected chi connectivity index (χ3v) is 4.86. The van der Waals surface area contributed by atoms with Crippen LogP contribution in [0.1, 0.15) is 57.1 Å². The van der Waals surface area contributed by atoms with Gasteiger partial charge < -0.3 is 4.52 Å². The Labute approximate surface area is 149 Å². The van der Waals surface area contributed by atoms with Gasteiger partial charge in [0.15, 0.2) is 11.5 Å². The van der Waals surface area contributed by atoms with Crippen LogP contribution in [0.3, 0.4) is 0 Å². The molecule has 5 heteroatoms. The molecule has 2 aromatic carbocycles. The first kappa shape index (κ1) is 16.6. The van der Waals surface area contributed by atoms with E-state index in [9.17, 15) is 13.6 Å². The van der Waals surface area contributed by atoms with Gasteiger partial charge in [0.05, 0.1) is 11.8 Å². The van der Waals surface area contributed by atoms with E-state index in [0.717, 1.165) is 18.4 Å². The van der Waals surface area contributed by atoms with Crippen molar-refractivity contribution in [3.63, 3.8) is 0 Å². The topological polar surface area (TPSA) is 43.1 Å². The highest BCUT2D eigenvalue weighted by atomic mass is 19.1. The molecular formula is C21H17F2NO2. The Hall–Kier alpha value is -2.82. The second-order valence-electron chi connectivity index (χ2n) is 6.71. The monoisotopic (exact) mass is 353 g/mol. The summed E-state index contributed by atoms with van der Waals surface area (Å²) in [6, 6.07) is 8.81. The van der Waals surface area contributed by atoms with Gasteiger partial charge >= 0.3 is 0 Å². The van der Waals surface area contributed by atoms with E-state index >= 15 is 0 Å². The maximum atomic E-state index is 14.1. The lowest BCUT2D eigenvalue weighted by atomic mass is 9.90. The predicted molar refractivity (Wildman–Crippen MR) is 92.3 cm³/mol. The summed E-state index contributed by atoms with van der Waals surface area (Å²) >= 11 is 0. The first-order valence-corrected chi connectivity index (χ1v) is 8.56. The molecule has 1 saturated carbocycles. The Bertz CT molecular complexity index is 972. The first-order valence-electron chi connectivity index (χ1n) is 8.56. The number of halogens is 2. The molecule has 1 aromatic heterocycles. The molecule has 0 unspecified atom stereocenters. The van der Waals surface area contributed by atoms with E-state index in [1.807, 2.05) is 0 Å². The van der Waals surface area contributed by atoms with Crippen LogP contribution >= 0.6 is 0 Å². The fourth-order valence-electron chi connectivity index (χ4n) is 3.18. The minimum absolute atomic E-state index is 0.214. The number of carbonyl (C=O) groups is 1. The van der Waals surface area contributed by atoms with Gasteiger partial charge in [-0.15, -0.1) is 0 Å². The Morgan fingerprint density at radius 2 is 1.85 bits per heavy atom. The van der Waals surface area contributed by atoms with Gasteiger partial charge in [0.2, 0.25) is 0 Å². The molecule has 4 rings (SSSR count). The molecule has 1 fully saturated rings. The minimum atomic E-state index is -0.369. The van der Waals surface area contributed by atoms with Crippen molar-refractivity contribution in [1.29, 1.82) is 0 Å². The number of benzene rings is 2. The van der Waals surface area contributed by atoms with E-state index in [1.54, 1.807) is 19.1 Å². The average Bonchev–Trinajstić information content (AvgIpc) is 3.37. The first-order chi connectivity index (χ1) is 12.5. The molecule has 0 bridgehead atoms. The molecule has 1 aliphatic carbocycles. The van der Waals surface area contributed by atoms with Crippen molar-refractivity contribution < 1.29 is 18.1 Å². The Morgan fingerprint density at radius 3 is 2.54 bits per heavy atom. The number of hydrogen-bond donors (Lipinski definition) is 0. The van der Waals surface area contributed by atoms with Crippen LogP contribution < -0.4 is 0 Å². The molecule has 0 radical (unpaired) electrons. The van der Waals surface area contributed by atoms with Crippen molar-refractivity contribution in [3.8, 4) is 0 Å². The van der Waals surface area contributed by atoms with Gasteiger partial charge in [0, 0.05) is 11.5 Å². The summed E-state index contributed by atoms with van der Waals surface area (Å²) < 4.78 is 32.6. The largest absolute Gasteiger partial charge is 0.360 e. The molecular weight excluding hydrogens is 336 g/mol. The molecule has 0 saturated heterocycles. The molecule has 0 atom stereocenters. The van der Waals surface area contributed by atoms with Gasteiger partial charge in [-0.25, -0.2) is 8.78 Å². The summed E-state index contributed by atoms with van der Waals surface area (Å²) in [6.45, 7) is 1.65. The zero-order valence-electron chi connectivity index (χ0n) is 14.3. The highest BCUT2D eigenvalue weighted by Crippen LogP contribution is 2.42. The predicted octanol–water partition coefficient (Wildman–Crippen LogP) is 4.96. The van der Waals surface area contributed by atoms with Crippen LogP contribution in [-0.4, -0.2) is 10.9 Å². The highest BCUT2D eigenvalue weighted by molar-refractivity contribution is 6.10. The quantitative estimate of drug-likeness (QED) is 0.609. The molecule has 1 aliphatic rings. The van der Waals surface area contributed by atoms with Crippen molar-refractivity contribution in [1.82, 2.24) is 5.16 Å². The van der Waals surface area contributed by atoms with Gasteiger partial charge in [0.25, 0.3) is 0 Å². The van der Waals surface area contributed by atoms with Crippen molar-refractivity contribution in [2.75, 3.05) is 0 Å². The van der Waals surface area contributed by atoms with Crippen molar-refractivity contribution in [2.45, 2.75) is 32.1 Å². The van der Waals surface area contributed by atoms with Crippen LogP contribution in [0.4, 0.5) is 8.78 Å². The second-order valence-corrected chi connectivity index (χ2v) is 6.71. The van der Waals surface area contributed by atoms with E-state index in [-0.39, 0.29) is 23.3 Å². The van der Waals surface area contributed by atoms with E-state index < -0.39 is 0 Å². The van der Waals surface area contributed by atoms with Crippen molar-refractivity contribution in [3.05, 3.63) is 87.8 Å². The summed E-state index contributed by atoms with van der Waals surface area (Å²) in [4.78, 5) is 13.1. The third kappa shape index (κ3) is 3.05. The van der Waals surface area contributed by atoms with Crippen LogP contribution in [0.5, 0.6) is 0 Å². The van der Waals surface area contributed by atoms with Crippen LogP contribution in [0.15, 0.2) is 47.1 Å². The fraction of sp³-hybridized carbons (Fsp3) is 0.238. The highest BCUT2D eigenvalue weighted by Gasteiger charge is 2.33.